The van der Waals surface area contributed by atoms with E-state index in [2.05, 4.69) is 10.3 Å². The molecule has 23 heavy (non-hydrogen) atoms. The van der Waals surface area contributed by atoms with E-state index in [0.717, 1.165) is 11.3 Å². The number of amides is 1. The molecule has 0 bridgehead atoms. The molecule has 5 heteroatoms. The van der Waals surface area contributed by atoms with Gasteiger partial charge in [-0.1, -0.05) is 12.1 Å². The molecule has 2 aromatic rings. The van der Waals surface area contributed by atoms with Gasteiger partial charge in [-0.05, 0) is 50.6 Å². The molecule has 0 radical (unpaired) electrons. The van der Waals surface area contributed by atoms with Gasteiger partial charge in [0.1, 0.15) is 17.2 Å². The second-order valence-corrected chi connectivity index (χ2v) is 5.51. The molecule has 0 aliphatic heterocycles. The molecule has 2 rings (SSSR count). The van der Waals surface area contributed by atoms with Crippen molar-refractivity contribution >= 4 is 5.91 Å². The number of benzene rings is 1. The fourth-order valence-electron chi connectivity index (χ4n) is 2.10. The van der Waals surface area contributed by atoms with Crippen LogP contribution in [0.1, 0.15) is 42.9 Å². The Labute approximate surface area is 136 Å². The highest BCUT2D eigenvalue weighted by Crippen LogP contribution is 2.18. The Kier molecular flexibility index (Phi) is 5.57. The number of rotatable bonds is 6. The van der Waals surface area contributed by atoms with Gasteiger partial charge in [0.05, 0.1) is 25.5 Å². The Hall–Kier alpha value is -2.56. The molecule has 5 nitrogen and oxygen atoms in total. The summed E-state index contributed by atoms with van der Waals surface area (Å²) >= 11 is 0. The molecule has 0 saturated carbocycles. The molecule has 0 fully saturated rings. The summed E-state index contributed by atoms with van der Waals surface area (Å²) in [5, 5.41) is 2.93. The maximum absolute atomic E-state index is 12.2. The van der Waals surface area contributed by atoms with Crippen molar-refractivity contribution in [2.45, 2.75) is 32.9 Å². The second kappa shape index (κ2) is 7.63. The van der Waals surface area contributed by atoms with Crippen LogP contribution in [0.15, 0.2) is 42.6 Å². The lowest BCUT2D eigenvalue weighted by atomic mass is 10.1. The van der Waals surface area contributed by atoms with Gasteiger partial charge in [-0.25, -0.2) is 4.98 Å². The zero-order valence-corrected chi connectivity index (χ0v) is 13.9. The summed E-state index contributed by atoms with van der Waals surface area (Å²) in [6.45, 7) is 5.81. The Balaban J connectivity index is 1.99. The van der Waals surface area contributed by atoms with E-state index in [0.29, 0.717) is 11.4 Å². The van der Waals surface area contributed by atoms with Crippen molar-refractivity contribution in [3.63, 3.8) is 0 Å². The molecule has 1 aromatic heterocycles. The Morgan fingerprint density at radius 1 is 1.04 bits per heavy atom. The highest BCUT2D eigenvalue weighted by molar-refractivity contribution is 5.92. The predicted octanol–water partition coefficient (Wildman–Crippen LogP) is 3.37. The zero-order chi connectivity index (χ0) is 16.8. The lowest BCUT2D eigenvalue weighted by molar-refractivity contribution is 0.0934. The van der Waals surface area contributed by atoms with Crippen LogP contribution in [0.3, 0.4) is 0 Å². The van der Waals surface area contributed by atoms with Gasteiger partial charge >= 0.3 is 0 Å². The lowest BCUT2D eigenvalue weighted by Crippen LogP contribution is -2.27. The smallest absolute Gasteiger partial charge is 0.270 e. The van der Waals surface area contributed by atoms with Gasteiger partial charge in [0.25, 0.3) is 5.91 Å². The zero-order valence-electron chi connectivity index (χ0n) is 13.9. The van der Waals surface area contributed by atoms with Gasteiger partial charge < -0.3 is 14.8 Å². The molecule has 0 aliphatic carbocycles. The summed E-state index contributed by atoms with van der Waals surface area (Å²) in [6, 6.07) is 10.9. The van der Waals surface area contributed by atoms with Crippen LogP contribution < -0.4 is 14.8 Å². The molecule has 0 spiro atoms. The molecule has 1 amide bonds. The average Bonchev–Trinajstić information content (AvgIpc) is 2.55. The van der Waals surface area contributed by atoms with E-state index >= 15 is 0 Å². The SMILES string of the molecule is COc1ccc(C(C)NC(=O)c2ccc(OC(C)C)cn2)cc1. The van der Waals surface area contributed by atoms with Crippen LogP contribution in [-0.2, 0) is 0 Å². The van der Waals surface area contributed by atoms with Crippen molar-refractivity contribution in [1.82, 2.24) is 10.3 Å². The number of carbonyl (C=O) groups excluding carboxylic acids is 1. The first-order valence-electron chi connectivity index (χ1n) is 7.57. The van der Waals surface area contributed by atoms with Crippen LogP contribution in [0.25, 0.3) is 0 Å². The van der Waals surface area contributed by atoms with E-state index in [-0.39, 0.29) is 18.1 Å². The summed E-state index contributed by atoms with van der Waals surface area (Å²) in [6.07, 6.45) is 1.64. The Morgan fingerprint density at radius 3 is 2.22 bits per heavy atom. The standard InChI is InChI=1S/C18H22N2O3/c1-12(2)23-16-9-10-17(19-11-16)18(21)20-13(3)14-5-7-15(22-4)8-6-14/h5-13H,1-4H3,(H,20,21). The van der Waals surface area contributed by atoms with Crippen LogP contribution >= 0.6 is 0 Å². The van der Waals surface area contributed by atoms with E-state index in [1.807, 2.05) is 45.0 Å². The summed E-state index contributed by atoms with van der Waals surface area (Å²) in [5.74, 6) is 1.22. The summed E-state index contributed by atoms with van der Waals surface area (Å²) < 4.78 is 10.6. The number of methoxy groups -OCH3 is 1. The molecule has 1 N–H and O–H groups in total. The van der Waals surface area contributed by atoms with Crippen LogP contribution in [-0.4, -0.2) is 24.1 Å². The maximum atomic E-state index is 12.2. The minimum Gasteiger partial charge on any atom is -0.497 e. The predicted molar refractivity (Wildman–Crippen MR) is 88.9 cm³/mol. The first-order chi connectivity index (χ1) is 11.0. The second-order valence-electron chi connectivity index (χ2n) is 5.51. The quantitative estimate of drug-likeness (QED) is 0.888. The van der Waals surface area contributed by atoms with E-state index in [9.17, 15) is 4.79 Å². The molecule has 122 valence electrons. The Bertz CT molecular complexity index is 636. The van der Waals surface area contributed by atoms with Gasteiger partial charge in [0, 0.05) is 0 Å². The van der Waals surface area contributed by atoms with Gasteiger partial charge in [-0.2, -0.15) is 0 Å². The number of aromatic nitrogens is 1. The molecular formula is C18H22N2O3. The van der Waals surface area contributed by atoms with Crippen LogP contribution in [0.5, 0.6) is 11.5 Å². The van der Waals surface area contributed by atoms with Crippen molar-refractivity contribution in [2.75, 3.05) is 7.11 Å². The first-order valence-corrected chi connectivity index (χ1v) is 7.57. The van der Waals surface area contributed by atoms with Crippen molar-refractivity contribution in [1.29, 1.82) is 0 Å². The number of carbonyl (C=O) groups is 1. The van der Waals surface area contributed by atoms with E-state index in [1.165, 1.54) is 0 Å². The van der Waals surface area contributed by atoms with E-state index < -0.39 is 0 Å². The molecule has 0 aliphatic rings. The van der Waals surface area contributed by atoms with Gasteiger partial charge in [-0.3, -0.25) is 4.79 Å². The van der Waals surface area contributed by atoms with E-state index in [1.54, 1.807) is 25.4 Å². The highest BCUT2D eigenvalue weighted by atomic mass is 16.5. The molecular weight excluding hydrogens is 292 g/mol. The fraction of sp³-hybridized carbons (Fsp3) is 0.333. The number of hydrogen-bond acceptors (Lipinski definition) is 4. The van der Waals surface area contributed by atoms with Crippen molar-refractivity contribution in [3.05, 3.63) is 53.9 Å². The number of nitrogens with zero attached hydrogens (tertiary/aromatic N) is 1. The molecule has 0 saturated heterocycles. The average molecular weight is 314 g/mol. The topological polar surface area (TPSA) is 60.5 Å². The molecule has 1 aromatic carbocycles. The number of pyridine rings is 1. The van der Waals surface area contributed by atoms with Crippen LogP contribution in [0.4, 0.5) is 0 Å². The van der Waals surface area contributed by atoms with Crippen molar-refractivity contribution in [3.8, 4) is 11.5 Å². The van der Waals surface area contributed by atoms with Crippen LogP contribution in [0, 0.1) is 0 Å². The molecule has 1 heterocycles. The Morgan fingerprint density at radius 2 is 1.70 bits per heavy atom. The fourth-order valence-corrected chi connectivity index (χ4v) is 2.10. The first kappa shape index (κ1) is 16.8. The summed E-state index contributed by atoms with van der Waals surface area (Å²) in [7, 11) is 1.62. The minimum atomic E-state index is -0.218. The largest absolute Gasteiger partial charge is 0.497 e. The van der Waals surface area contributed by atoms with E-state index in [4.69, 9.17) is 9.47 Å². The number of ether oxygens (including phenoxy) is 2. The number of nitrogens with one attached hydrogen (secondary N) is 1. The van der Waals surface area contributed by atoms with Crippen molar-refractivity contribution < 1.29 is 14.3 Å². The third-order valence-corrected chi connectivity index (χ3v) is 3.30. The van der Waals surface area contributed by atoms with Crippen molar-refractivity contribution in [2.24, 2.45) is 0 Å². The maximum Gasteiger partial charge on any atom is 0.270 e. The summed E-state index contributed by atoms with van der Waals surface area (Å²) in [5.41, 5.74) is 1.36. The highest BCUT2D eigenvalue weighted by Gasteiger charge is 2.13. The third kappa shape index (κ3) is 4.71. The van der Waals surface area contributed by atoms with Gasteiger partial charge in [0.15, 0.2) is 0 Å². The molecule has 1 unspecified atom stereocenters. The van der Waals surface area contributed by atoms with Crippen LogP contribution in [0.2, 0.25) is 0 Å². The normalized spacial score (nSPS) is 11.9. The minimum absolute atomic E-state index is 0.0755. The summed E-state index contributed by atoms with van der Waals surface area (Å²) in [4.78, 5) is 16.4. The molecule has 1 atom stereocenters. The monoisotopic (exact) mass is 314 g/mol. The van der Waals surface area contributed by atoms with Gasteiger partial charge in [-0.15, -0.1) is 0 Å². The number of hydrogen-bond donors (Lipinski definition) is 1. The lowest BCUT2D eigenvalue weighted by Gasteiger charge is -2.15. The third-order valence-electron chi connectivity index (χ3n) is 3.30. The van der Waals surface area contributed by atoms with Gasteiger partial charge in [0.2, 0.25) is 0 Å².